The van der Waals surface area contributed by atoms with Crippen LogP contribution in [0.3, 0.4) is 0 Å². The SMILES string of the molecule is O=C(Nc1ccc(Cl)cc1)c1cnn2c1N[C@H](c1ccccc1)C[C@H]2C(F)(F)F. The van der Waals surface area contributed by atoms with Crippen molar-refractivity contribution in [3.63, 3.8) is 0 Å². The van der Waals surface area contributed by atoms with E-state index in [0.29, 0.717) is 16.3 Å². The number of nitrogens with zero attached hydrogens (tertiary/aromatic N) is 2. The molecule has 150 valence electrons. The Kier molecular flexibility index (Phi) is 4.96. The first kappa shape index (κ1) is 19.3. The lowest BCUT2D eigenvalue weighted by Crippen LogP contribution is -2.36. The van der Waals surface area contributed by atoms with Crippen LogP contribution in [-0.4, -0.2) is 21.9 Å². The number of alkyl halides is 3. The Morgan fingerprint density at radius 2 is 1.83 bits per heavy atom. The average molecular weight is 421 g/mol. The van der Waals surface area contributed by atoms with Crippen LogP contribution in [0.5, 0.6) is 0 Å². The lowest BCUT2D eigenvalue weighted by molar-refractivity contribution is -0.173. The van der Waals surface area contributed by atoms with Gasteiger partial charge in [0.1, 0.15) is 11.4 Å². The first-order valence-corrected chi connectivity index (χ1v) is 9.23. The minimum absolute atomic E-state index is 0.0369. The van der Waals surface area contributed by atoms with Gasteiger partial charge in [-0.05, 0) is 29.8 Å². The lowest BCUT2D eigenvalue weighted by Gasteiger charge is -2.34. The van der Waals surface area contributed by atoms with Gasteiger partial charge in [0, 0.05) is 17.1 Å². The molecule has 2 aromatic carbocycles. The zero-order valence-corrected chi connectivity index (χ0v) is 15.7. The zero-order valence-electron chi connectivity index (χ0n) is 14.9. The monoisotopic (exact) mass is 420 g/mol. The predicted octanol–water partition coefficient (Wildman–Crippen LogP) is 5.45. The van der Waals surface area contributed by atoms with Crippen LogP contribution in [0.25, 0.3) is 0 Å². The number of carbonyl (C=O) groups is 1. The highest BCUT2D eigenvalue weighted by atomic mass is 35.5. The molecule has 0 fully saturated rings. The van der Waals surface area contributed by atoms with Gasteiger partial charge in [-0.2, -0.15) is 18.3 Å². The molecular weight excluding hydrogens is 405 g/mol. The minimum atomic E-state index is -4.50. The topological polar surface area (TPSA) is 59.0 Å². The van der Waals surface area contributed by atoms with Gasteiger partial charge in [-0.1, -0.05) is 41.9 Å². The van der Waals surface area contributed by atoms with Gasteiger partial charge in [0.25, 0.3) is 5.91 Å². The van der Waals surface area contributed by atoms with E-state index in [9.17, 15) is 18.0 Å². The highest BCUT2D eigenvalue weighted by Gasteiger charge is 2.47. The van der Waals surface area contributed by atoms with E-state index in [1.165, 1.54) is 0 Å². The highest BCUT2D eigenvalue weighted by molar-refractivity contribution is 6.30. The van der Waals surface area contributed by atoms with Gasteiger partial charge in [0.15, 0.2) is 6.04 Å². The summed E-state index contributed by atoms with van der Waals surface area (Å²) in [5.74, 6) is -0.519. The Labute approximate surface area is 169 Å². The van der Waals surface area contributed by atoms with E-state index >= 15 is 0 Å². The third-order valence-electron chi connectivity index (χ3n) is 4.79. The van der Waals surface area contributed by atoms with Crippen LogP contribution in [-0.2, 0) is 0 Å². The number of halogens is 4. The van der Waals surface area contributed by atoms with Crippen molar-refractivity contribution in [2.75, 3.05) is 10.6 Å². The Bertz CT molecular complexity index is 1020. The van der Waals surface area contributed by atoms with Crippen molar-refractivity contribution in [2.24, 2.45) is 0 Å². The van der Waals surface area contributed by atoms with Gasteiger partial charge in [0.05, 0.1) is 12.2 Å². The summed E-state index contributed by atoms with van der Waals surface area (Å²) in [6.45, 7) is 0. The number of fused-ring (bicyclic) bond motifs is 1. The number of nitrogens with one attached hydrogen (secondary N) is 2. The van der Waals surface area contributed by atoms with E-state index in [0.717, 1.165) is 10.9 Å². The fraction of sp³-hybridized carbons (Fsp3) is 0.200. The van der Waals surface area contributed by atoms with E-state index in [2.05, 4.69) is 15.7 Å². The molecule has 4 rings (SSSR count). The summed E-state index contributed by atoms with van der Waals surface area (Å²) < 4.78 is 42.0. The summed E-state index contributed by atoms with van der Waals surface area (Å²) in [4.78, 5) is 12.7. The first-order valence-electron chi connectivity index (χ1n) is 8.85. The number of benzene rings is 2. The van der Waals surface area contributed by atoms with E-state index in [1.807, 2.05) is 0 Å². The van der Waals surface area contributed by atoms with Crippen LogP contribution in [0.4, 0.5) is 24.7 Å². The van der Waals surface area contributed by atoms with Crippen molar-refractivity contribution in [3.8, 4) is 0 Å². The normalized spacial score (nSPS) is 18.6. The Morgan fingerprint density at radius 3 is 2.48 bits per heavy atom. The van der Waals surface area contributed by atoms with E-state index in [1.54, 1.807) is 54.6 Å². The molecule has 0 spiro atoms. The fourth-order valence-corrected chi connectivity index (χ4v) is 3.49. The third kappa shape index (κ3) is 3.93. The van der Waals surface area contributed by atoms with Crippen LogP contribution in [0, 0.1) is 0 Å². The lowest BCUT2D eigenvalue weighted by atomic mass is 9.96. The van der Waals surface area contributed by atoms with Gasteiger partial charge >= 0.3 is 6.18 Å². The second-order valence-corrected chi connectivity index (χ2v) is 7.15. The van der Waals surface area contributed by atoms with Crippen molar-refractivity contribution >= 4 is 29.0 Å². The summed E-state index contributed by atoms with van der Waals surface area (Å²) in [6.07, 6.45) is -3.57. The number of carbonyl (C=O) groups excluding carboxylic acids is 1. The first-order chi connectivity index (χ1) is 13.8. The van der Waals surface area contributed by atoms with Crippen molar-refractivity contribution in [1.82, 2.24) is 9.78 Å². The standard InChI is InChI=1S/C20H16ClF3N4O/c21-13-6-8-14(9-7-13)26-19(29)15-11-25-28-17(20(22,23)24)10-16(27-18(15)28)12-4-2-1-3-5-12/h1-9,11,16-17,27H,10H2,(H,26,29)/t16-,17-/m0/s1. The molecule has 0 saturated heterocycles. The van der Waals surface area contributed by atoms with Gasteiger partial charge in [-0.15, -0.1) is 0 Å². The molecule has 2 N–H and O–H groups in total. The molecule has 1 aliphatic rings. The fourth-order valence-electron chi connectivity index (χ4n) is 3.36. The molecule has 29 heavy (non-hydrogen) atoms. The molecule has 0 bridgehead atoms. The summed E-state index contributed by atoms with van der Waals surface area (Å²) in [5, 5.41) is 10.1. The third-order valence-corrected chi connectivity index (χ3v) is 5.04. The van der Waals surface area contributed by atoms with Crippen LogP contribution < -0.4 is 10.6 Å². The number of aromatic nitrogens is 2. The van der Waals surface area contributed by atoms with Crippen LogP contribution in [0.15, 0.2) is 60.8 Å². The highest BCUT2D eigenvalue weighted by Crippen LogP contribution is 2.44. The molecular formula is C20H16ClF3N4O. The van der Waals surface area contributed by atoms with Gasteiger partial charge in [-0.25, -0.2) is 4.68 Å². The maximum atomic E-state index is 13.7. The van der Waals surface area contributed by atoms with Crippen molar-refractivity contribution < 1.29 is 18.0 Å². The number of amides is 1. The molecule has 3 aromatic rings. The number of rotatable bonds is 3. The average Bonchev–Trinajstić information content (AvgIpc) is 3.13. The second-order valence-electron chi connectivity index (χ2n) is 6.71. The van der Waals surface area contributed by atoms with Gasteiger partial charge in [0.2, 0.25) is 0 Å². The van der Waals surface area contributed by atoms with Crippen LogP contribution in [0.2, 0.25) is 5.02 Å². The molecule has 0 saturated carbocycles. The van der Waals surface area contributed by atoms with Gasteiger partial charge < -0.3 is 10.6 Å². The summed E-state index contributed by atoms with van der Waals surface area (Å²) in [5.41, 5.74) is 1.22. The quantitative estimate of drug-likeness (QED) is 0.592. The Balaban J connectivity index is 1.68. The summed E-state index contributed by atoms with van der Waals surface area (Å²) >= 11 is 5.83. The molecule has 0 radical (unpaired) electrons. The molecule has 1 amide bonds. The largest absolute Gasteiger partial charge is 0.410 e. The van der Waals surface area contributed by atoms with Crippen LogP contribution in [0.1, 0.15) is 34.4 Å². The van der Waals surface area contributed by atoms with Crippen molar-refractivity contribution in [3.05, 3.63) is 76.9 Å². The summed E-state index contributed by atoms with van der Waals surface area (Å²) in [7, 11) is 0. The van der Waals surface area contributed by atoms with Gasteiger partial charge in [-0.3, -0.25) is 4.79 Å². The molecule has 1 aromatic heterocycles. The number of anilines is 2. The Morgan fingerprint density at radius 1 is 1.14 bits per heavy atom. The smallest absolute Gasteiger partial charge is 0.363 e. The number of hydrogen-bond donors (Lipinski definition) is 2. The zero-order chi connectivity index (χ0) is 20.6. The second kappa shape index (κ2) is 7.44. The van der Waals surface area contributed by atoms with Crippen molar-refractivity contribution in [2.45, 2.75) is 24.7 Å². The molecule has 5 nitrogen and oxygen atoms in total. The minimum Gasteiger partial charge on any atom is -0.363 e. The molecule has 1 aliphatic heterocycles. The molecule has 0 unspecified atom stereocenters. The van der Waals surface area contributed by atoms with E-state index < -0.39 is 24.2 Å². The molecule has 2 heterocycles. The maximum Gasteiger partial charge on any atom is 0.410 e. The molecule has 9 heteroatoms. The molecule has 2 atom stereocenters. The van der Waals surface area contributed by atoms with E-state index in [-0.39, 0.29) is 17.8 Å². The van der Waals surface area contributed by atoms with E-state index in [4.69, 9.17) is 11.6 Å². The predicted molar refractivity (Wildman–Crippen MR) is 104 cm³/mol. The number of hydrogen-bond acceptors (Lipinski definition) is 3. The molecule has 0 aliphatic carbocycles. The van der Waals surface area contributed by atoms with Crippen LogP contribution >= 0.6 is 11.6 Å². The Hall–Kier alpha value is -3.00. The summed E-state index contributed by atoms with van der Waals surface area (Å²) in [6, 6.07) is 12.8. The van der Waals surface area contributed by atoms with Crippen molar-refractivity contribution in [1.29, 1.82) is 0 Å². The maximum absolute atomic E-state index is 13.7.